The van der Waals surface area contributed by atoms with Gasteiger partial charge in [0.05, 0.1) is 0 Å². The number of unbranched alkanes of at least 4 members (excludes halogenated alkanes) is 10. The van der Waals surface area contributed by atoms with Crippen molar-refractivity contribution in [3.05, 3.63) is 0 Å². The summed E-state index contributed by atoms with van der Waals surface area (Å²) in [7, 11) is 0. The number of hydrogen-bond donors (Lipinski definition) is 0. The molecule has 0 aromatic heterocycles. The molecule has 0 aliphatic carbocycles. The van der Waals surface area contributed by atoms with Gasteiger partial charge in [-0.2, -0.15) is 0 Å². The van der Waals surface area contributed by atoms with Crippen LogP contribution in [0.3, 0.4) is 0 Å². The van der Waals surface area contributed by atoms with Crippen LogP contribution in [0.25, 0.3) is 0 Å². The average molecular weight is 275 g/mol. The van der Waals surface area contributed by atoms with Gasteiger partial charge in [-0.25, -0.2) is 0 Å². The lowest BCUT2D eigenvalue weighted by molar-refractivity contribution is 0.538. The summed E-state index contributed by atoms with van der Waals surface area (Å²) in [5, 5.41) is 0.445. The van der Waals surface area contributed by atoms with Gasteiger partial charge in [0.15, 0.2) is 0 Å². The molecular formula is C17H35Cl. The highest BCUT2D eigenvalue weighted by Crippen LogP contribution is 2.17. The van der Waals surface area contributed by atoms with E-state index in [0.717, 1.165) is 0 Å². The molecule has 18 heavy (non-hydrogen) atoms. The van der Waals surface area contributed by atoms with Crippen LogP contribution in [0, 0.1) is 0 Å². The molecule has 0 rings (SSSR count). The van der Waals surface area contributed by atoms with E-state index < -0.39 is 0 Å². The zero-order valence-corrected chi connectivity index (χ0v) is 13.6. The Morgan fingerprint density at radius 2 is 0.889 bits per heavy atom. The largest absolute Gasteiger partial charge is 0.123 e. The molecule has 1 unspecified atom stereocenters. The zero-order chi connectivity index (χ0) is 13.5. The fraction of sp³-hybridized carbons (Fsp3) is 1.00. The fourth-order valence-corrected chi connectivity index (χ4v) is 2.75. The van der Waals surface area contributed by atoms with E-state index in [0.29, 0.717) is 5.38 Å². The van der Waals surface area contributed by atoms with Crippen molar-refractivity contribution in [3.63, 3.8) is 0 Å². The third kappa shape index (κ3) is 14.4. The molecule has 0 saturated carbocycles. The van der Waals surface area contributed by atoms with E-state index in [4.69, 9.17) is 11.6 Å². The zero-order valence-electron chi connectivity index (χ0n) is 12.9. The summed E-state index contributed by atoms with van der Waals surface area (Å²) in [6, 6.07) is 0. The lowest BCUT2D eigenvalue weighted by Gasteiger charge is -2.08. The second-order valence-electron chi connectivity index (χ2n) is 5.71. The van der Waals surface area contributed by atoms with E-state index in [9.17, 15) is 0 Å². The van der Waals surface area contributed by atoms with Crippen LogP contribution in [-0.4, -0.2) is 5.38 Å². The molecule has 0 fully saturated rings. The lowest BCUT2D eigenvalue weighted by Crippen LogP contribution is -1.98. The SMILES string of the molecule is CCCCCCCCCCCC(Cl)CCCCC. The van der Waals surface area contributed by atoms with Crippen LogP contribution in [0.15, 0.2) is 0 Å². The minimum Gasteiger partial charge on any atom is -0.123 e. The van der Waals surface area contributed by atoms with Gasteiger partial charge in [-0.1, -0.05) is 90.9 Å². The summed E-state index contributed by atoms with van der Waals surface area (Å²) in [4.78, 5) is 0. The molecule has 0 radical (unpaired) electrons. The lowest BCUT2D eigenvalue weighted by atomic mass is 10.0. The maximum Gasteiger partial charge on any atom is 0.0336 e. The van der Waals surface area contributed by atoms with Crippen molar-refractivity contribution in [2.24, 2.45) is 0 Å². The molecular weight excluding hydrogens is 240 g/mol. The van der Waals surface area contributed by atoms with E-state index in [2.05, 4.69) is 13.8 Å². The third-order valence-electron chi connectivity index (χ3n) is 3.74. The van der Waals surface area contributed by atoms with Crippen LogP contribution in [0.5, 0.6) is 0 Å². The minimum absolute atomic E-state index is 0.445. The maximum atomic E-state index is 6.31. The van der Waals surface area contributed by atoms with Crippen LogP contribution in [0.4, 0.5) is 0 Å². The molecule has 0 bridgehead atoms. The number of halogens is 1. The van der Waals surface area contributed by atoms with E-state index in [-0.39, 0.29) is 0 Å². The van der Waals surface area contributed by atoms with Gasteiger partial charge in [-0.05, 0) is 12.8 Å². The Morgan fingerprint density at radius 1 is 0.556 bits per heavy atom. The Kier molecular flexibility index (Phi) is 15.6. The second kappa shape index (κ2) is 15.3. The average Bonchev–Trinajstić information content (AvgIpc) is 2.37. The second-order valence-corrected chi connectivity index (χ2v) is 6.33. The fourth-order valence-electron chi connectivity index (χ4n) is 2.44. The molecule has 1 heteroatoms. The van der Waals surface area contributed by atoms with Gasteiger partial charge in [0.2, 0.25) is 0 Å². The van der Waals surface area contributed by atoms with E-state index in [1.807, 2.05) is 0 Å². The first kappa shape index (κ1) is 18.3. The number of rotatable bonds is 14. The van der Waals surface area contributed by atoms with Crippen molar-refractivity contribution in [3.8, 4) is 0 Å². The predicted octanol–water partition coefficient (Wildman–Crippen LogP) is 7.10. The first-order valence-electron chi connectivity index (χ1n) is 8.45. The third-order valence-corrected chi connectivity index (χ3v) is 4.18. The first-order chi connectivity index (χ1) is 8.81. The van der Waals surface area contributed by atoms with Gasteiger partial charge in [0, 0.05) is 5.38 Å². The topological polar surface area (TPSA) is 0 Å². The van der Waals surface area contributed by atoms with Gasteiger partial charge >= 0.3 is 0 Å². The Morgan fingerprint density at radius 3 is 1.39 bits per heavy atom. The van der Waals surface area contributed by atoms with Crippen molar-refractivity contribution in [2.45, 2.75) is 109 Å². The molecule has 1 atom stereocenters. The summed E-state index contributed by atoms with van der Waals surface area (Å²) in [5.74, 6) is 0. The van der Waals surface area contributed by atoms with Gasteiger partial charge in [0.25, 0.3) is 0 Å². The summed E-state index contributed by atoms with van der Waals surface area (Å²) < 4.78 is 0. The smallest absolute Gasteiger partial charge is 0.0336 e. The summed E-state index contributed by atoms with van der Waals surface area (Å²) in [6.07, 6.45) is 19.2. The monoisotopic (exact) mass is 274 g/mol. The van der Waals surface area contributed by atoms with Gasteiger partial charge in [-0.3, -0.25) is 0 Å². The Bertz CT molecular complexity index is 145. The van der Waals surface area contributed by atoms with Crippen LogP contribution in [-0.2, 0) is 0 Å². The Labute approximate surface area is 121 Å². The molecule has 0 aliphatic heterocycles. The van der Waals surface area contributed by atoms with Crippen LogP contribution in [0.2, 0.25) is 0 Å². The summed E-state index contributed by atoms with van der Waals surface area (Å²) in [6.45, 7) is 4.53. The van der Waals surface area contributed by atoms with Crippen molar-refractivity contribution in [1.82, 2.24) is 0 Å². The van der Waals surface area contributed by atoms with Crippen LogP contribution < -0.4 is 0 Å². The maximum absolute atomic E-state index is 6.31. The normalized spacial score (nSPS) is 12.8. The molecule has 0 amide bonds. The quantitative estimate of drug-likeness (QED) is 0.234. The molecule has 0 aromatic carbocycles. The Hall–Kier alpha value is 0.290. The molecule has 0 nitrogen and oxygen atoms in total. The van der Waals surface area contributed by atoms with Crippen molar-refractivity contribution in [1.29, 1.82) is 0 Å². The number of hydrogen-bond acceptors (Lipinski definition) is 0. The van der Waals surface area contributed by atoms with E-state index in [1.54, 1.807) is 0 Å². The molecule has 110 valence electrons. The highest BCUT2D eigenvalue weighted by atomic mass is 35.5. The molecule has 0 aliphatic rings. The van der Waals surface area contributed by atoms with Crippen molar-refractivity contribution >= 4 is 11.6 Å². The van der Waals surface area contributed by atoms with Crippen LogP contribution >= 0.6 is 11.6 Å². The first-order valence-corrected chi connectivity index (χ1v) is 8.89. The van der Waals surface area contributed by atoms with Crippen molar-refractivity contribution < 1.29 is 0 Å². The van der Waals surface area contributed by atoms with Crippen molar-refractivity contribution in [2.75, 3.05) is 0 Å². The summed E-state index contributed by atoms with van der Waals surface area (Å²) in [5.41, 5.74) is 0. The van der Waals surface area contributed by atoms with Crippen LogP contribution in [0.1, 0.15) is 104 Å². The van der Waals surface area contributed by atoms with Gasteiger partial charge in [0.1, 0.15) is 0 Å². The molecule has 0 saturated heterocycles. The highest BCUT2D eigenvalue weighted by molar-refractivity contribution is 6.20. The van der Waals surface area contributed by atoms with E-state index in [1.165, 1.54) is 89.9 Å². The molecule has 0 N–H and O–H groups in total. The minimum atomic E-state index is 0.445. The molecule has 0 spiro atoms. The number of alkyl halides is 1. The van der Waals surface area contributed by atoms with Gasteiger partial charge < -0.3 is 0 Å². The predicted molar refractivity (Wildman–Crippen MR) is 85.6 cm³/mol. The van der Waals surface area contributed by atoms with E-state index >= 15 is 0 Å². The summed E-state index contributed by atoms with van der Waals surface area (Å²) >= 11 is 6.31. The molecule has 0 heterocycles. The Balaban J connectivity index is 3.05. The standard InChI is InChI=1S/C17H35Cl/c1-3-5-7-8-9-10-11-12-14-16-17(18)15-13-6-4-2/h17H,3-16H2,1-2H3. The highest BCUT2D eigenvalue weighted by Gasteiger charge is 2.03. The molecule has 0 aromatic rings. The van der Waals surface area contributed by atoms with Gasteiger partial charge in [-0.15, -0.1) is 11.6 Å².